The lowest BCUT2D eigenvalue weighted by Gasteiger charge is -2.19. The maximum atomic E-state index is 13.5. The van der Waals surface area contributed by atoms with E-state index in [4.69, 9.17) is 9.47 Å². The molecule has 0 aliphatic rings. The van der Waals surface area contributed by atoms with Gasteiger partial charge < -0.3 is 19.4 Å². The third-order valence-electron chi connectivity index (χ3n) is 7.21. The fourth-order valence-corrected chi connectivity index (χ4v) is 5.16. The van der Waals surface area contributed by atoms with Crippen molar-refractivity contribution in [1.29, 1.82) is 0 Å². The standard InChI is InChI=1S/C34H33FN2O3/c1-39-28-18-26(19-29(20-28)40-2)31(21-34(38)36-17-16-24-8-4-3-5-9-24)32-23-37(33-11-7-6-10-30(32)33)22-25-12-14-27(35)15-13-25/h3-15,18-20,23,31H,16-17,21-22H2,1-2H3,(H,36,38)/t31-/m1/s1. The summed E-state index contributed by atoms with van der Waals surface area (Å²) in [6, 6.07) is 30.6. The molecule has 0 aliphatic heterocycles. The molecule has 204 valence electrons. The minimum absolute atomic E-state index is 0.0296. The Balaban J connectivity index is 1.50. The summed E-state index contributed by atoms with van der Waals surface area (Å²) in [4.78, 5) is 13.3. The molecule has 5 nitrogen and oxygen atoms in total. The number of benzene rings is 4. The Hall–Kier alpha value is -4.58. The van der Waals surface area contributed by atoms with Crippen molar-refractivity contribution < 1.29 is 18.7 Å². The molecule has 0 spiro atoms. The van der Waals surface area contributed by atoms with Crippen LogP contribution >= 0.6 is 0 Å². The zero-order valence-electron chi connectivity index (χ0n) is 22.8. The number of hydrogen-bond donors (Lipinski definition) is 1. The number of rotatable bonds is 11. The number of hydrogen-bond acceptors (Lipinski definition) is 3. The molecule has 40 heavy (non-hydrogen) atoms. The van der Waals surface area contributed by atoms with Crippen LogP contribution in [0.4, 0.5) is 4.39 Å². The monoisotopic (exact) mass is 536 g/mol. The highest BCUT2D eigenvalue weighted by Crippen LogP contribution is 2.38. The molecule has 0 fully saturated rings. The molecule has 4 aromatic carbocycles. The lowest BCUT2D eigenvalue weighted by Crippen LogP contribution is -2.27. The van der Waals surface area contributed by atoms with Gasteiger partial charge in [0.15, 0.2) is 0 Å². The molecule has 5 rings (SSSR count). The third kappa shape index (κ3) is 6.34. The van der Waals surface area contributed by atoms with E-state index in [1.165, 1.54) is 17.7 Å². The van der Waals surface area contributed by atoms with E-state index in [1.54, 1.807) is 26.4 Å². The molecule has 1 amide bonds. The van der Waals surface area contributed by atoms with Crippen LogP contribution < -0.4 is 14.8 Å². The van der Waals surface area contributed by atoms with Crippen LogP contribution in [0.15, 0.2) is 103 Å². The Kier molecular flexibility index (Phi) is 8.45. The van der Waals surface area contributed by atoms with E-state index in [2.05, 4.69) is 40.3 Å². The van der Waals surface area contributed by atoms with Crippen LogP contribution in [0.5, 0.6) is 11.5 Å². The number of nitrogens with one attached hydrogen (secondary N) is 1. The van der Waals surface area contributed by atoms with Gasteiger partial charge in [-0.2, -0.15) is 0 Å². The molecule has 5 aromatic rings. The number of methoxy groups -OCH3 is 2. The van der Waals surface area contributed by atoms with Gasteiger partial charge in [-0.15, -0.1) is 0 Å². The van der Waals surface area contributed by atoms with Gasteiger partial charge in [0.1, 0.15) is 17.3 Å². The highest BCUT2D eigenvalue weighted by atomic mass is 19.1. The SMILES string of the molecule is COc1cc(OC)cc([C@@H](CC(=O)NCCc2ccccc2)c2cn(Cc3ccc(F)cc3)c3ccccc23)c1. The Labute approximate surface area is 234 Å². The number of ether oxygens (including phenoxy) is 2. The number of fused-ring (bicyclic) bond motifs is 1. The fourth-order valence-electron chi connectivity index (χ4n) is 5.16. The summed E-state index contributed by atoms with van der Waals surface area (Å²) in [5, 5.41) is 4.18. The Morgan fingerprint density at radius 2 is 1.52 bits per heavy atom. The topological polar surface area (TPSA) is 52.5 Å². The summed E-state index contributed by atoms with van der Waals surface area (Å²) in [5.41, 5.74) is 5.18. The maximum Gasteiger partial charge on any atom is 0.220 e. The highest BCUT2D eigenvalue weighted by Gasteiger charge is 2.24. The van der Waals surface area contributed by atoms with E-state index in [0.29, 0.717) is 24.6 Å². The van der Waals surface area contributed by atoms with Crippen molar-refractivity contribution in [3.8, 4) is 11.5 Å². The number of carbonyl (C=O) groups is 1. The zero-order valence-corrected chi connectivity index (χ0v) is 22.8. The lowest BCUT2D eigenvalue weighted by molar-refractivity contribution is -0.121. The first-order valence-corrected chi connectivity index (χ1v) is 13.4. The first kappa shape index (κ1) is 27.0. The molecular formula is C34H33FN2O3. The second kappa shape index (κ2) is 12.5. The van der Waals surface area contributed by atoms with Crippen molar-refractivity contribution in [1.82, 2.24) is 9.88 Å². The molecular weight excluding hydrogens is 503 g/mol. The van der Waals surface area contributed by atoms with Crippen LogP contribution in [0.1, 0.15) is 34.6 Å². The normalized spacial score (nSPS) is 11.8. The van der Waals surface area contributed by atoms with Crippen LogP contribution in [-0.4, -0.2) is 31.2 Å². The summed E-state index contributed by atoms with van der Waals surface area (Å²) in [6.07, 6.45) is 3.14. The van der Waals surface area contributed by atoms with Crippen molar-refractivity contribution in [2.45, 2.75) is 25.3 Å². The average Bonchev–Trinajstić information content (AvgIpc) is 3.35. The first-order chi connectivity index (χ1) is 19.5. The van der Waals surface area contributed by atoms with Crippen molar-refractivity contribution in [3.63, 3.8) is 0 Å². The molecule has 0 bridgehead atoms. The van der Waals surface area contributed by atoms with Crippen molar-refractivity contribution in [3.05, 3.63) is 131 Å². The van der Waals surface area contributed by atoms with E-state index in [0.717, 1.165) is 34.0 Å². The molecule has 0 aliphatic carbocycles. The number of aromatic nitrogens is 1. The minimum atomic E-state index is -0.257. The lowest BCUT2D eigenvalue weighted by atomic mass is 9.87. The van der Waals surface area contributed by atoms with Crippen LogP contribution in [0.3, 0.4) is 0 Å². The van der Waals surface area contributed by atoms with Gasteiger partial charge >= 0.3 is 0 Å². The zero-order chi connectivity index (χ0) is 27.9. The van der Waals surface area contributed by atoms with Crippen LogP contribution in [0, 0.1) is 5.82 Å². The van der Waals surface area contributed by atoms with Crippen molar-refractivity contribution in [2.24, 2.45) is 0 Å². The summed E-state index contributed by atoms with van der Waals surface area (Å²) < 4.78 is 26.8. The van der Waals surface area contributed by atoms with E-state index < -0.39 is 0 Å². The van der Waals surface area contributed by atoms with Crippen LogP contribution in [0.2, 0.25) is 0 Å². The number of halogens is 1. The average molecular weight is 537 g/mol. The molecule has 0 unspecified atom stereocenters. The quantitative estimate of drug-likeness (QED) is 0.204. The van der Waals surface area contributed by atoms with Gasteiger partial charge in [-0.3, -0.25) is 4.79 Å². The van der Waals surface area contributed by atoms with Crippen LogP contribution in [0.25, 0.3) is 10.9 Å². The summed E-state index contributed by atoms with van der Waals surface area (Å²) >= 11 is 0. The van der Waals surface area contributed by atoms with Gasteiger partial charge in [-0.1, -0.05) is 60.7 Å². The molecule has 1 N–H and O–H groups in total. The fraction of sp³-hybridized carbons (Fsp3) is 0.206. The van der Waals surface area contributed by atoms with Gasteiger partial charge in [-0.25, -0.2) is 4.39 Å². The number of para-hydroxylation sites is 1. The second-order valence-electron chi connectivity index (χ2n) is 9.84. The van der Waals surface area contributed by atoms with Crippen LogP contribution in [-0.2, 0) is 17.8 Å². The Morgan fingerprint density at radius 3 is 2.23 bits per heavy atom. The molecule has 1 aromatic heterocycles. The molecule has 1 heterocycles. The first-order valence-electron chi connectivity index (χ1n) is 13.4. The van der Waals surface area contributed by atoms with Gasteiger partial charge in [-0.05, 0) is 59.0 Å². The number of carbonyl (C=O) groups excluding carboxylic acids is 1. The smallest absolute Gasteiger partial charge is 0.220 e. The van der Waals surface area contributed by atoms with E-state index in [-0.39, 0.29) is 24.1 Å². The largest absolute Gasteiger partial charge is 0.497 e. The van der Waals surface area contributed by atoms with Gasteiger partial charge in [0.25, 0.3) is 0 Å². The molecule has 0 radical (unpaired) electrons. The number of amides is 1. The number of nitrogens with zero attached hydrogens (tertiary/aromatic N) is 1. The Bertz CT molecular complexity index is 1560. The second-order valence-corrected chi connectivity index (χ2v) is 9.84. The van der Waals surface area contributed by atoms with E-state index >= 15 is 0 Å². The van der Waals surface area contributed by atoms with Crippen molar-refractivity contribution in [2.75, 3.05) is 20.8 Å². The predicted molar refractivity (Wildman–Crippen MR) is 157 cm³/mol. The summed E-state index contributed by atoms with van der Waals surface area (Å²) in [7, 11) is 3.25. The predicted octanol–water partition coefficient (Wildman–Crippen LogP) is 6.73. The maximum absolute atomic E-state index is 13.5. The molecule has 6 heteroatoms. The van der Waals surface area contributed by atoms with E-state index in [1.807, 2.05) is 48.5 Å². The Morgan fingerprint density at radius 1 is 0.850 bits per heavy atom. The van der Waals surface area contributed by atoms with E-state index in [9.17, 15) is 9.18 Å². The summed E-state index contributed by atoms with van der Waals surface area (Å²) in [5.74, 6) is 0.795. The summed E-state index contributed by atoms with van der Waals surface area (Å²) in [6.45, 7) is 1.14. The van der Waals surface area contributed by atoms with Gasteiger partial charge in [0, 0.05) is 48.6 Å². The molecule has 0 saturated heterocycles. The molecule has 0 saturated carbocycles. The molecule has 1 atom stereocenters. The van der Waals surface area contributed by atoms with Gasteiger partial charge in [0.05, 0.1) is 14.2 Å². The van der Waals surface area contributed by atoms with Crippen molar-refractivity contribution >= 4 is 16.8 Å². The van der Waals surface area contributed by atoms with Gasteiger partial charge in [0.2, 0.25) is 5.91 Å². The highest BCUT2D eigenvalue weighted by molar-refractivity contribution is 5.87. The minimum Gasteiger partial charge on any atom is -0.497 e. The third-order valence-corrected chi connectivity index (χ3v) is 7.21.